The Kier molecular flexibility index (Phi) is 9.60. The molecule has 0 unspecified atom stereocenters. The number of benzene rings is 2. The van der Waals surface area contributed by atoms with Gasteiger partial charge in [0.05, 0.1) is 17.6 Å². The first-order valence-corrected chi connectivity index (χ1v) is 11.9. The zero-order valence-electron chi connectivity index (χ0n) is 20.6. The van der Waals surface area contributed by atoms with Crippen LogP contribution in [0.4, 0.5) is 16.2 Å². The van der Waals surface area contributed by atoms with E-state index in [0.717, 1.165) is 26.2 Å². The Balaban J connectivity index is 0.000000338. The summed E-state index contributed by atoms with van der Waals surface area (Å²) in [5.74, 6) is -0.578. The number of nitrogens with one attached hydrogen (secondary N) is 1. The molecule has 0 spiro atoms. The molecule has 2 aliphatic rings. The molecule has 0 aliphatic carbocycles. The Labute approximate surface area is 210 Å². The lowest BCUT2D eigenvalue weighted by molar-refractivity contribution is -0.384. The molecule has 2 aromatic carbocycles. The second-order valence-corrected chi connectivity index (χ2v) is 8.72. The smallest absolute Gasteiger partial charge is 0.407 e. The van der Waals surface area contributed by atoms with Crippen molar-refractivity contribution < 1.29 is 24.4 Å². The average molecular weight is 500 g/mol. The highest BCUT2D eigenvalue weighted by atomic mass is 16.6. The van der Waals surface area contributed by atoms with Crippen LogP contribution in [0.25, 0.3) is 0 Å². The number of anilines is 1. The van der Waals surface area contributed by atoms with Gasteiger partial charge < -0.3 is 25.0 Å². The van der Waals surface area contributed by atoms with Gasteiger partial charge in [0.2, 0.25) is 0 Å². The van der Waals surface area contributed by atoms with Crippen LogP contribution in [0.2, 0.25) is 0 Å². The first-order chi connectivity index (χ1) is 17.3. The van der Waals surface area contributed by atoms with E-state index in [-0.39, 0.29) is 17.3 Å². The van der Waals surface area contributed by atoms with E-state index in [1.165, 1.54) is 23.6 Å². The summed E-state index contributed by atoms with van der Waals surface area (Å²) in [5, 5.41) is 23.0. The molecular formula is C25H33N5O6. The molecule has 2 aromatic rings. The topological polar surface area (TPSA) is 128 Å². The van der Waals surface area contributed by atoms with Crippen LogP contribution >= 0.6 is 0 Å². The van der Waals surface area contributed by atoms with Crippen molar-refractivity contribution in [2.24, 2.45) is 0 Å². The van der Waals surface area contributed by atoms with Gasteiger partial charge >= 0.3 is 12.1 Å². The fraction of sp³-hybridized carbons (Fsp3) is 0.440. The summed E-state index contributed by atoms with van der Waals surface area (Å²) in [4.78, 5) is 38.8. The van der Waals surface area contributed by atoms with Gasteiger partial charge in [0, 0.05) is 64.5 Å². The van der Waals surface area contributed by atoms with Gasteiger partial charge in [-0.05, 0) is 24.6 Å². The van der Waals surface area contributed by atoms with Crippen molar-refractivity contribution in [1.29, 1.82) is 0 Å². The van der Waals surface area contributed by atoms with Gasteiger partial charge in [-0.3, -0.25) is 15.0 Å². The standard InChI is InChI=1S/C20H23N3O4.C5H10N2O2/c1-15-13-22(11-10-21(15)14-16-6-4-3-5-7-16)18-9-8-17(20(24)27-2)12-19(18)23(25)26;8-5(9)7-3-1-6-2-4-7/h3-9,12,15H,10-11,13-14H2,1-2H3;6H,1-4H2,(H,8,9)/t15-;/m1./s1. The summed E-state index contributed by atoms with van der Waals surface area (Å²) >= 11 is 0. The third-order valence-electron chi connectivity index (χ3n) is 6.31. The zero-order chi connectivity index (χ0) is 26.1. The quantitative estimate of drug-likeness (QED) is 0.362. The molecule has 4 rings (SSSR count). The molecule has 36 heavy (non-hydrogen) atoms. The van der Waals surface area contributed by atoms with Crippen molar-refractivity contribution in [2.45, 2.75) is 19.5 Å². The van der Waals surface area contributed by atoms with Crippen LogP contribution in [-0.4, -0.2) is 90.9 Å². The number of carbonyl (C=O) groups is 2. The minimum atomic E-state index is -0.809. The zero-order valence-corrected chi connectivity index (χ0v) is 20.6. The van der Waals surface area contributed by atoms with Crippen molar-refractivity contribution in [1.82, 2.24) is 15.1 Å². The molecule has 11 nitrogen and oxygen atoms in total. The molecule has 194 valence electrons. The lowest BCUT2D eigenvalue weighted by Crippen LogP contribution is -2.51. The molecule has 2 N–H and O–H groups in total. The highest BCUT2D eigenvalue weighted by Gasteiger charge is 2.28. The molecule has 11 heteroatoms. The molecule has 2 heterocycles. The highest BCUT2D eigenvalue weighted by molar-refractivity contribution is 5.91. The number of nitro benzene ring substituents is 1. The molecule has 2 saturated heterocycles. The van der Waals surface area contributed by atoms with E-state index in [1.54, 1.807) is 12.1 Å². The van der Waals surface area contributed by atoms with E-state index in [9.17, 15) is 19.7 Å². The minimum Gasteiger partial charge on any atom is -0.465 e. The number of nitro groups is 1. The maximum absolute atomic E-state index is 11.7. The van der Waals surface area contributed by atoms with Crippen molar-refractivity contribution in [3.8, 4) is 0 Å². The first kappa shape index (κ1) is 26.9. The van der Waals surface area contributed by atoms with E-state index in [4.69, 9.17) is 5.11 Å². The van der Waals surface area contributed by atoms with E-state index < -0.39 is 17.0 Å². The van der Waals surface area contributed by atoms with E-state index >= 15 is 0 Å². The van der Waals surface area contributed by atoms with E-state index in [0.29, 0.717) is 31.9 Å². The number of methoxy groups -OCH3 is 1. The number of carbonyl (C=O) groups excluding carboxylic acids is 1. The van der Waals surface area contributed by atoms with Crippen LogP contribution in [0.5, 0.6) is 0 Å². The SMILES string of the molecule is COC(=O)c1ccc(N2CCN(Cc3ccccc3)[C@H](C)C2)c([N+](=O)[O-])c1.O=C(O)N1CCNCC1. The maximum atomic E-state index is 11.7. The summed E-state index contributed by atoms with van der Waals surface area (Å²) < 4.78 is 4.66. The lowest BCUT2D eigenvalue weighted by Gasteiger charge is -2.40. The summed E-state index contributed by atoms with van der Waals surface area (Å²) in [6, 6.07) is 15.0. The summed E-state index contributed by atoms with van der Waals surface area (Å²) in [6.45, 7) is 7.99. The number of esters is 1. The van der Waals surface area contributed by atoms with Crippen LogP contribution in [-0.2, 0) is 11.3 Å². The molecular weight excluding hydrogens is 466 g/mol. The predicted octanol–water partition coefficient (Wildman–Crippen LogP) is 2.66. The van der Waals surface area contributed by atoms with Crippen LogP contribution < -0.4 is 10.2 Å². The van der Waals surface area contributed by atoms with E-state index in [2.05, 4.69) is 34.0 Å². The summed E-state index contributed by atoms with van der Waals surface area (Å²) in [7, 11) is 1.26. The lowest BCUT2D eigenvalue weighted by atomic mass is 10.1. The maximum Gasteiger partial charge on any atom is 0.407 e. The molecule has 2 fully saturated rings. The number of hydrogen-bond acceptors (Lipinski definition) is 8. The molecule has 1 atom stereocenters. The number of ether oxygens (including phenoxy) is 1. The number of rotatable bonds is 5. The third kappa shape index (κ3) is 7.15. The van der Waals surface area contributed by atoms with Gasteiger partial charge in [-0.15, -0.1) is 0 Å². The molecule has 0 radical (unpaired) electrons. The van der Waals surface area contributed by atoms with Gasteiger partial charge in [0.15, 0.2) is 0 Å². The van der Waals surface area contributed by atoms with Gasteiger partial charge in [-0.25, -0.2) is 9.59 Å². The second kappa shape index (κ2) is 12.8. The molecule has 0 saturated carbocycles. The van der Waals surface area contributed by atoms with Crippen LogP contribution in [0, 0.1) is 10.1 Å². The molecule has 2 aliphatic heterocycles. The number of amides is 1. The molecule has 0 aromatic heterocycles. The third-order valence-corrected chi connectivity index (χ3v) is 6.31. The van der Waals surface area contributed by atoms with Crippen LogP contribution in [0.1, 0.15) is 22.8 Å². The number of nitrogens with zero attached hydrogens (tertiary/aromatic N) is 4. The van der Waals surface area contributed by atoms with Crippen molar-refractivity contribution >= 4 is 23.4 Å². The first-order valence-electron chi connectivity index (χ1n) is 11.9. The predicted molar refractivity (Wildman–Crippen MR) is 135 cm³/mol. The monoisotopic (exact) mass is 499 g/mol. The molecule has 1 amide bonds. The van der Waals surface area contributed by atoms with Crippen molar-refractivity contribution in [3.63, 3.8) is 0 Å². The summed E-state index contributed by atoms with van der Waals surface area (Å²) in [5.41, 5.74) is 1.91. The van der Waals surface area contributed by atoms with E-state index in [1.807, 2.05) is 23.1 Å². The van der Waals surface area contributed by atoms with Crippen molar-refractivity contribution in [3.05, 3.63) is 69.8 Å². The van der Waals surface area contributed by atoms with Crippen molar-refractivity contribution in [2.75, 3.05) is 57.8 Å². The largest absolute Gasteiger partial charge is 0.465 e. The Morgan fingerprint density at radius 1 is 1.11 bits per heavy atom. The number of carboxylic acid groups (broad SMARTS) is 1. The van der Waals surface area contributed by atoms with Gasteiger partial charge in [-0.1, -0.05) is 30.3 Å². The minimum absolute atomic E-state index is 0.0680. The highest BCUT2D eigenvalue weighted by Crippen LogP contribution is 2.31. The number of hydrogen-bond donors (Lipinski definition) is 2. The Hall–Kier alpha value is -3.70. The fourth-order valence-corrected chi connectivity index (χ4v) is 4.30. The Bertz CT molecular complexity index is 1040. The summed E-state index contributed by atoms with van der Waals surface area (Å²) in [6.07, 6.45) is -0.809. The van der Waals surface area contributed by atoms with Gasteiger partial charge in [0.25, 0.3) is 5.69 Å². The normalized spacial score (nSPS) is 18.1. The fourth-order valence-electron chi connectivity index (χ4n) is 4.30. The molecule has 0 bridgehead atoms. The number of piperazine rings is 2. The van der Waals surface area contributed by atoms with Gasteiger partial charge in [-0.2, -0.15) is 0 Å². The van der Waals surface area contributed by atoms with Gasteiger partial charge in [0.1, 0.15) is 5.69 Å². The average Bonchev–Trinajstić information content (AvgIpc) is 2.90. The van der Waals surface area contributed by atoms with Crippen LogP contribution in [0.3, 0.4) is 0 Å². The second-order valence-electron chi connectivity index (χ2n) is 8.72. The Morgan fingerprint density at radius 2 is 1.81 bits per heavy atom. The Morgan fingerprint density at radius 3 is 2.36 bits per heavy atom. The van der Waals surface area contributed by atoms with Crippen LogP contribution in [0.15, 0.2) is 48.5 Å².